The Labute approximate surface area is 104 Å². The molecule has 5 heteroatoms. The van der Waals surface area contributed by atoms with E-state index in [1.807, 2.05) is 13.8 Å². The number of amides is 2. The van der Waals surface area contributed by atoms with E-state index in [2.05, 4.69) is 5.32 Å². The highest BCUT2D eigenvalue weighted by Crippen LogP contribution is 2.07. The molecule has 17 heavy (non-hydrogen) atoms. The zero-order valence-electron chi connectivity index (χ0n) is 11.2. The SMILES string of the molecule is CCCNC(=O)CN(C)C(=O)C(CN)CCC. The second-order valence-corrected chi connectivity index (χ2v) is 4.27. The van der Waals surface area contributed by atoms with Crippen LogP contribution in [-0.2, 0) is 9.59 Å². The van der Waals surface area contributed by atoms with Gasteiger partial charge < -0.3 is 16.0 Å². The van der Waals surface area contributed by atoms with E-state index < -0.39 is 0 Å². The van der Waals surface area contributed by atoms with E-state index in [9.17, 15) is 9.59 Å². The molecular weight excluding hydrogens is 218 g/mol. The van der Waals surface area contributed by atoms with Gasteiger partial charge in [0.1, 0.15) is 0 Å². The van der Waals surface area contributed by atoms with Gasteiger partial charge in [-0.1, -0.05) is 20.3 Å². The molecule has 100 valence electrons. The lowest BCUT2D eigenvalue weighted by Gasteiger charge is -2.22. The van der Waals surface area contributed by atoms with Crippen molar-refractivity contribution in [1.29, 1.82) is 0 Å². The Kier molecular flexibility index (Phi) is 8.40. The van der Waals surface area contributed by atoms with Gasteiger partial charge in [-0.25, -0.2) is 0 Å². The fraction of sp³-hybridized carbons (Fsp3) is 0.833. The zero-order valence-corrected chi connectivity index (χ0v) is 11.2. The second-order valence-electron chi connectivity index (χ2n) is 4.27. The van der Waals surface area contributed by atoms with E-state index in [1.165, 1.54) is 4.90 Å². The summed E-state index contributed by atoms with van der Waals surface area (Å²) < 4.78 is 0. The average Bonchev–Trinajstić information content (AvgIpc) is 2.32. The highest BCUT2D eigenvalue weighted by atomic mass is 16.2. The van der Waals surface area contributed by atoms with E-state index in [0.717, 1.165) is 19.3 Å². The summed E-state index contributed by atoms with van der Waals surface area (Å²) >= 11 is 0. The summed E-state index contributed by atoms with van der Waals surface area (Å²) in [6.45, 7) is 5.10. The number of likely N-dealkylation sites (N-methyl/N-ethyl adjacent to an activating group) is 1. The average molecular weight is 243 g/mol. The summed E-state index contributed by atoms with van der Waals surface area (Å²) in [6, 6.07) is 0. The first kappa shape index (κ1) is 15.9. The Balaban J connectivity index is 4.15. The molecule has 0 aromatic rings. The standard InChI is InChI=1S/C12H25N3O2/c1-4-6-10(8-13)12(17)15(3)9-11(16)14-7-5-2/h10H,4-9,13H2,1-3H3,(H,14,16). The van der Waals surface area contributed by atoms with Gasteiger partial charge in [0.15, 0.2) is 0 Å². The lowest BCUT2D eigenvalue weighted by Crippen LogP contribution is -2.42. The first-order chi connectivity index (χ1) is 8.06. The molecule has 1 unspecified atom stereocenters. The fourth-order valence-corrected chi connectivity index (χ4v) is 1.62. The molecule has 1 atom stereocenters. The van der Waals surface area contributed by atoms with Crippen LogP contribution in [0.5, 0.6) is 0 Å². The molecule has 0 bridgehead atoms. The van der Waals surface area contributed by atoms with Gasteiger partial charge >= 0.3 is 0 Å². The van der Waals surface area contributed by atoms with Crippen LogP contribution in [0.2, 0.25) is 0 Å². The van der Waals surface area contributed by atoms with E-state index in [4.69, 9.17) is 5.73 Å². The minimum Gasteiger partial charge on any atom is -0.355 e. The third-order valence-corrected chi connectivity index (χ3v) is 2.60. The van der Waals surface area contributed by atoms with Crippen molar-refractivity contribution in [3.05, 3.63) is 0 Å². The van der Waals surface area contributed by atoms with Gasteiger partial charge in [0.05, 0.1) is 12.5 Å². The topological polar surface area (TPSA) is 75.4 Å². The van der Waals surface area contributed by atoms with Crippen LogP contribution in [0.15, 0.2) is 0 Å². The Morgan fingerprint density at radius 3 is 2.41 bits per heavy atom. The lowest BCUT2D eigenvalue weighted by molar-refractivity contribution is -0.138. The van der Waals surface area contributed by atoms with Gasteiger partial charge in [-0.2, -0.15) is 0 Å². The van der Waals surface area contributed by atoms with E-state index in [1.54, 1.807) is 7.05 Å². The van der Waals surface area contributed by atoms with Crippen LogP contribution < -0.4 is 11.1 Å². The van der Waals surface area contributed by atoms with Gasteiger partial charge in [-0.15, -0.1) is 0 Å². The zero-order chi connectivity index (χ0) is 13.3. The Hall–Kier alpha value is -1.10. The van der Waals surface area contributed by atoms with Crippen LogP contribution >= 0.6 is 0 Å². The lowest BCUT2D eigenvalue weighted by atomic mass is 10.0. The van der Waals surface area contributed by atoms with Crippen LogP contribution in [0.3, 0.4) is 0 Å². The Morgan fingerprint density at radius 1 is 1.29 bits per heavy atom. The molecule has 0 rings (SSSR count). The number of nitrogens with two attached hydrogens (primary N) is 1. The maximum Gasteiger partial charge on any atom is 0.239 e. The first-order valence-electron chi connectivity index (χ1n) is 6.28. The number of rotatable bonds is 8. The molecule has 0 heterocycles. The van der Waals surface area contributed by atoms with Gasteiger partial charge in [-0.3, -0.25) is 9.59 Å². The molecule has 0 aromatic carbocycles. The molecule has 0 fully saturated rings. The molecule has 0 saturated carbocycles. The van der Waals surface area contributed by atoms with E-state index >= 15 is 0 Å². The van der Waals surface area contributed by atoms with Crippen molar-refractivity contribution in [3.8, 4) is 0 Å². The third-order valence-electron chi connectivity index (χ3n) is 2.60. The van der Waals surface area contributed by atoms with Gasteiger partial charge in [0.2, 0.25) is 11.8 Å². The van der Waals surface area contributed by atoms with E-state index in [-0.39, 0.29) is 24.3 Å². The van der Waals surface area contributed by atoms with E-state index in [0.29, 0.717) is 13.1 Å². The molecule has 0 aliphatic carbocycles. The van der Waals surface area contributed by atoms with Crippen molar-refractivity contribution in [2.75, 3.05) is 26.7 Å². The van der Waals surface area contributed by atoms with Gasteiger partial charge in [0, 0.05) is 20.1 Å². The van der Waals surface area contributed by atoms with Crippen LogP contribution in [0.4, 0.5) is 0 Å². The number of nitrogens with one attached hydrogen (secondary N) is 1. The number of nitrogens with zero attached hydrogens (tertiary/aromatic N) is 1. The third kappa shape index (κ3) is 6.26. The maximum atomic E-state index is 11.9. The first-order valence-corrected chi connectivity index (χ1v) is 6.28. The Morgan fingerprint density at radius 2 is 1.94 bits per heavy atom. The molecule has 0 aliphatic heterocycles. The maximum absolute atomic E-state index is 11.9. The monoisotopic (exact) mass is 243 g/mol. The van der Waals surface area contributed by atoms with Crippen molar-refractivity contribution in [2.45, 2.75) is 33.1 Å². The summed E-state index contributed by atoms with van der Waals surface area (Å²) in [6.07, 6.45) is 2.59. The van der Waals surface area contributed by atoms with Crippen molar-refractivity contribution in [3.63, 3.8) is 0 Å². The van der Waals surface area contributed by atoms with Crippen molar-refractivity contribution in [2.24, 2.45) is 11.7 Å². The molecule has 2 amide bonds. The summed E-state index contributed by atoms with van der Waals surface area (Å²) in [4.78, 5) is 24.8. The highest BCUT2D eigenvalue weighted by molar-refractivity contribution is 5.85. The van der Waals surface area contributed by atoms with Crippen LogP contribution in [0.25, 0.3) is 0 Å². The molecule has 0 aromatic heterocycles. The van der Waals surface area contributed by atoms with Crippen molar-refractivity contribution < 1.29 is 9.59 Å². The number of carbonyl (C=O) groups is 2. The fourth-order valence-electron chi connectivity index (χ4n) is 1.62. The Bertz CT molecular complexity index is 244. The quantitative estimate of drug-likeness (QED) is 0.646. The molecule has 0 radical (unpaired) electrons. The minimum absolute atomic E-state index is 0.0407. The molecule has 0 aliphatic rings. The molecule has 3 N–H and O–H groups in total. The summed E-state index contributed by atoms with van der Waals surface area (Å²) in [5.41, 5.74) is 5.56. The van der Waals surface area contributed by atoms with Crippen LogP contribution in [0, 0.1) is 5.92 Å². The van der Waals surface area contributed by atoms with Gasteiger partial charge in [0.25, 0.3) is 0 Å². The summed E-state index contributed by atoms with van der Waals surface area (Å²) in [5.74, 6) is -0.319. The summed E-state index contributed by atoms with van der Waals surface area (Å²) in [5, 5.41) is 2.74. The summed E-state index contributed by atoms with van der Waals surface area (Å²) in [7, 11) is 1.65. The number of hydrogen-bond donors (Lipinski definition) is 2. The number of hydrogen-bond acceptors (Lipinski definition) is 3. The molecule has 0 spiro atoms. The molecular formula is C12H25N3O2. The predicted octanol–water partition coefficient (Wildman–Crippen LogP) is 0.346. The molecule has 0 saturated heterocycles. The predicted molar refractivity (Wildman–Crippen MR) is 68.4 cm³/mol. The van der Waals surface area contributed by atoms with Crippen molar-refractivity contribution in [1.82, 2.24) is 10.2 Å². The minimum atomic E-state index is -0.163. The normalized spacial score (nSPS) is 12.0. The second kappa shape index (κ2) is 8.98. The highest BCUT2D eigenvalue weighted by Gasteiger charge is 2.21. The number of carbonyl (C=O) groups excluding carboxylic acids is 2. The molecule has 5 nitrogen and oxygen atoms in total. The van der Waals surface area contributed by atoms with Crippen LogP contribution in [0.1, 0.15) is 33.1 Å². The largest absolute Gasteiger partial charge is 0.355 e. The van der Waals surface area contributed by atoms with Gasteiger partial charge in [-0.05, 0) is 12.8 Å². The van der Waals surface area contributed by atoms with Crippen molar-refractivity contribution >= 4 is 11.8 Å². The van der Waals surface area contributed by atoms with Crippen LogP contribution in [-0.4, -0.2) is 43.4 Å². The smallest absolute Gasteiger partial charge is 0.239 e.